The topological polar surface area (TPSA) is 6.48 Å². The van der Waals surface area contributed by atoms with E-state index in [-0.39, 0.29) is 0 Å². The van der Waals surface area contributed by atoms with Gasteiger partial charge in [0.1, 0.15) is 0 Å². The van der Waals surface area contributed by atoms with E-state index >= 15 is 0 Å². The number of piperazine rings is 1. The van der Waals surface area contributed by atoms with Crippen molar-refractivity contribution < 1.29 is 0 Å². The largest absolute Gasteiger partial charge is 0.297 e. The van der Waals surface area contributed by atoms with Crippen molar-refractivity contribution in [2.75, 3.05) is 32.7 Å². The van der Waals surface area contributed by atoms with Crippen LogP contribution in [-0.4, -0.2) is 42.5 Å². The summed E-state index contributed by atoms with van der Waals surface area (Å²) in [5.41, 5.74) is 4.05. The molecule has 0 saturated carbocycles. The van der Waals surface area contributed by atoms with Crippen molar-refractivity contribution in [2.45, 2.75) is 20.4 Å². The zero-order chi connectivity index (χ0) is 13.0. The SMILES string of the molecule is C=C(C)CN1CCN(Cc2cccc(C)c2)CC1. The molecule has 0 aliphatic carbocycles. The van der Waals surface area contributed by atoms with Crippen molar-refractivity contribution in [3.05, 3.63) is 47.5 Å². The third-order valence-electron chi connectivity index (χ3n) is 3.45. The summed E-state index contributed by atoms with van der Waals surface area (Å²) in [5.74, 6) is 0. The molecule has 0 amide bonds. The van der Waals surface area contributed by atoms with E-state index in [1.54, 1.807) is 0 Å². The van der Waals surface area contributed by atoms with E-state index in [0.717, 1.165) is 13.1 Å². The van der Waals surface area contributed by atoms with Gasteiger partial charge in [-0.2, -0.15) is 0 Å². The predicted octanol–water partition coefficient (Wildman–Crippen LogP) is 2.69. The van der Waals surface area contributed by atoms with Gasteiger partial charge in [-0.25, -0.2) is 0 Å². The Kier molecular flexibility index (Phi) is 4.56. The van der Waals surface area contributed by atoms with Crippen LogP contribution in [0.15, 0.2) is 36.4 Å². The van der Waals surface area contributed by atoms with E-state index in [0.29, 0.717) is 0 Å². The molecule has 1 aromatic carbocycles. The molecule has 1 aromatic rings. The lowest BCUT2D eigenvalue weighted by Gasteiger charge is -2.34. The van der Waals surface area contributed by atoms with E-state index in [1.807, 2.05) is 0 Å². The third-order valence-corrected chi connectivity index (χ3v) is 3.45. The van der Waals surface area contributed by atoms with Gasteiger partial charge >= 0.3 is 0 Å². The van der Waals surface area contributed by atoms with Crippen LogP contribution >= 0.6 is 0 Å². The van der Waals surface area contributed by atoms with E-state index in [2.05, 4.69) is 54.5 Å². The molecule has 2 rings (SSSR count). The molecule has 0 bridgehead atoms. The van der Waals surface area contributed by atoms with Crippen LogP contribution in [0.5, 0.6) is 0 Å². The minimum atomic E-state index is 1.05. The van der Waals surface area contributed by atoms with E-state index in [9.17, 15) is 0 Å². The number of aryl methyl sites for hydroxylation is 1. The standard InChI is InChI=1S/C16H24N2/c1-14(2)12-17-7-9-18(10-8-17)13-16-6-4-5-15(3)11-16/h4-6,11H,1,7-10,12-13H2,2-3H3. The van der Waals surface area contributed by atoms with Gasteiger partial charge < -0.3 is 0 Å². The maximum atomic E-state index is 3.99. The smallest absolute Gasteiger partial charge is 0.0234 e. The Morgan fingerprint density at radius 3 is 2.44 bits per heavy atom. The van der Waals surface area contributed by atoms with Crippen molar-refractivity contribution in [3.63, 3.8) is 0 Å². The summed E-state index contributed by atoms with van der Waals surface area (Å²) in [4.78, 5) is 5.04. The average Bonchev–Trinajstić information content (AvgIpc) is 2.31. The fraction of sp³-hybridized carbons (Fsp3) is 0.500. The molecule has 0 unspecified atom stereocenters. The van der Waals surface area contributed by atoms with Gasteiger partial charge in [-0.05, 0) is 19.4 Å². The molecular formula is C16H24N2. The molecule has 1 saturated heterocycles. The van der Waals surface area contributed by atoms with E-state index in [1.165, 1.54) is 42.9 Å². The van der Waals surface area contributed by atoms with Gasteiger partial charge in [0.25, 0.3) is 0 Å². The van der Waals surface area contributed by atoms with Crippen LogP contribution in [0, 0.1) is 6.92 Å². The molecule has 2 nitrogen and oxygen atoms in total. The quantitative estimate of drug-likeness (QED) is 0.751. The van der Waals surface area contributed by atoms with Crippen molar-refractivity contribution in [1.82, 2.24) is 9.80 Å². The van der Waals surface area contributed by atoms with E-state index in [4.69, 9.17) is 0 Å². The van der Waals surface area contributed by atoms with Crippen LogP contribution in [0.4, 0.5) is 0 Å². The summed E-state index contributed by atoms with van der Waals surface area (Å²) >= 11 is 0. The highest BCUT2D eigenvalue weighted by Gasteiger charge is 2.16. The lowest BCUT2D eigenvalue weighted by Crippen LogP contribution is -2.46. The molecule has 98 valence electrons. The van der Waals surface area contributed by atoms with Crippen LogP contribution in [0.3, 0.4) is 0 Å². The maximum absolute atomic E-state index is 3.99. The number of benzene rings is 1. The zero-order valence-electron chi connectivity index (χ0n) is 11.7. The van der Waals surface area contributed by atoms with Gasteiger partial charge in [0, 0.05) is 39.3 Å². The highest BCUT2D eigenvalue weighted by Crippen LogP contribution is 2.10. The molecule has 0 N–H and O–H groups in total. The van der Waals surface area contributed by atoms with E-state index < -0.39 is 0 Å². The normalized spacial score (nSPS) is 17.9. The van der Waals surface area contributed by atoms with Crippen molar-refractivity contribution in [2.24, 2.45) is 0 Å². The molecule has 18 heavy (non-hydrogen) atoms. The Labute approximate surface area is 111 Å². The van der Waals surface area contributed by atoms with Gasteiger partial charge in [-0.3, -0.25) is 9.80 Å². The zero-order valence-corrected chi connectivity index (χ0v) is 11.7. The summed E-state index contributed by atoms with van der Waals surface area (Å²) in [6, 6.07) is 8.84. The molecule has 2 heteroatoms. The van der Waals surface area contributed by atoms with Crippen molar-refractivity contribution in [1.29, 1.82) is 0 Å². The Hall–Kier alpha value is -1.12. The predicted molar refractivity (Wildman–Crippen MR) is 77.7 cm³/mol. The molecular weight excluding hydrogens is 220 g/mol. The molecule has 0 aromatic heterocycles. The minimum Gasteiger partial charge on any atom is -0.297 e. The fourth-order valence-corrected chi connectivity index (χ4v) is 2.56. The van der Waals surface area contributed by atoms with Crippen LogP contribution in [-0.2, 0) is 6.54 Å². The molecule has 0 atom stereocenters. The second-order valence-electron chi connectivity index (χ2n) is 5.50. The lowest BCUT2D eigenvalue weighted by atomic mass is 10.1. The molecule has 1 aliphatic heterocycles. The summed E-state index contributed by atoms with van der Waals surface area (Å²) < 4.78 is 0. The summed E-state index contributed by atoms with van der Waals surface area (Å²) in [5, 5.41) is 0. The third kappa shape index (κ3) is 3.97. The minimum absolute atomic E-state index is 1.05. The van der Waals surface area contributed by atoms with Crippen LogP contribution < -0.4 is 0 Å². The molecule has 1 fully saturated rings. The first-order valence-electron chi connectivity index (χ1n) is 6.78. The lowest BCUT2D eigenvalue weighted by molar-refractivity contribution is 0.135. The highest BCUT2D eigenvalue weighted by atomic mass is 15.3. The van der Waals surface area contributed by atoms with Crippen LogP contribution in [0.25, 0.3) is 0 Å². The Morgan fingerprint density at radius 1 is 1.17 bits per heavy atom. The summed E-state index contributed by atoms with van der Waals surface area (Å²) in [6.45, 7) is 15.1. The van der Waals surface area contributed by atoms with Crippen molar-refractivity contribution >= 4 is 0 Å². The van der Waals surface area contributed by atoms with Gasteiger partial charge in [0.2, 0.25) is 0 Å². The van der Waals surface area contributed by atoms with Crippen molar-refractivity contribution in [3.8, 4) is 0 Å². The summed E-state index contributed by atoms with van der Waals surface area (Å²) in [6.07, 6.45) is 0. The first-order chi connectivity index (χ1) is 8.63. The Balaban J connectivity index is 1.81. The van der Waals surface area contributed by atoms with Gasteiger partial charge in [-0.1, -0.05) is 42.0 Å². The fourth-order valence-electron chi connectivity index (χ4n) is 2.56. The van der Waals surface area contributed by atoms with Crippen LogP contribution in [0.2, 0.25) is 0 Å². The monoisotopic (exact) mass is 244 g/mol. The molecule has 1 heterocycles. The number of hydrogen-bond acceptors (Lipinski definition) is 2. The number of hydrogen-bond donors (Lipinski definition) is 0. The number of nitrogens with zero attached hydrogens (tertiary/aromatic N) is 2. The van der Waals surface area contributed by atoms with Gasteiger partial charge in [0.15, 0.2) is 0 Å². The molecule has 1 aliphatic rings. The Bertz CT molecular complexity index is 403. The Morgan fingerprint density at radius 2 is 1.83 bits per heavy atom. The number of rotatable bonds is 4. The second kappa shape index (κ2) is 6.17. The first kappa shape index (κ1) is 13.3. The first-order valence-corrected chi connectivity index (χ1v) is 6.78. The average molecular weight is 244 g/mol. The second-order valence-corrected chi connectivity index (χ2v) is 5.50. The van der Waals surface area contributed by atoms with Gasteiger partial charge in [-0.15, -0.1) is 0 Å². The van der Waals surface area contributed by atoms with Gasteiger partial charge in [0.05, 0.1) is 0 Å². The maximum Gasteiger partial charge on any atom is 0.0234 e. The molecule has 0 radical (unpaired) electrons. The molecule has 0 spiro atoms. The van der Waals surface area contributed by atoms with Crippen LogP contribution in [0.1, 0.15) is 18.1 Å². The highest BCUT2D eigenvalue weighted by molar-refractivity contribution is 5.22. The summed E-state index contributed by atoms with van der Waals surface area (Å²) in [7, 11) is 0.